The van der Waals surface area contributed by atoms with E-state index in [1.165, 1.54) is 0 Å². The standard InChI is InChI=1S/C13H18N2O3S/c1-9(14)11-4-2-3-5-12(11)15-13(16)10-6-7-19(17,18)8-10/h2-5,9-10H,6-8,14H2,1H3,(H,15,16). The highest BCUT2D eigenvalue weighted by Gasteiger charge is 2.33. The minimum Gasteiger partial charge on any atom is -0.326 e. The zero-order valence-corrected chi connectivity index (χ0v) is 11.6. The van der Waals surface area contributed by atoms with Crippen LogP contribution >= 0.6 is 0 Å². The molecule has 1 aliphatic rings. The van der Waals surface area contributed by atoms with Gasteiger partial charge in [-0.25, -0.2) is 8.42 Å². The van der Waals surface area contributed by atoms with Gasteiger partial charge in [0.15, 0.2) is 9.84 Å². The summed E-state index contributed by atoms with van der Waals surface area (Å²) in [7, 11) is -3.04. The molecule has 0 aromatic heterocycles. The third-order valence-corrected chi connectivity index (χ3v) is 5.08. The smallest absolute Gasteiger partial charge is 0.228 e. The topological polar surface area (TPSA) is 89.3 Å². The van der Waals surface area contributed by atoms with Gasteiger partial charge in [-0.05, 0) is 25.0 Å². The molecule has 1 fully saturated rings. The van der Waals surface area contributed by atoms with Crippen LogP contribution in [0.4, 0.5) is 5.69 Å². The molecule has 1 amide bonds. The molecule has 0 saturated carbocycles. The first kappa shape index (κ1) is 14.0. The van der Waals surface area contributed by atoms with Gasteiger partial charge in [0, 0.05) is 11.7 Å². The Balaban J connectivity index is 2.12. The highest BCUT2D eigenvalue weighted by atomic mass is 32.2. The molecular weight excluding hydrogens is 264 g/mol. The molecule has 0 aliphatic carbocycles. The number of para-hydroxylation sites is 1. The van der Waals surface area contributed by atoms with E-state index in [-0.39, 0.29) is 23.5 Å². The molecule has 0 spiro atoms. The van der Waals surface area contributed by atoms with Crippen molar-refractivity contribution in [3.05, 3.63) is 29.8 Å². The summed E-state index contributed by atoms with van der Waals surface area (Å²) in [5.74, 6) is -0.653. The van der Waals surface area contributed by atoms with E-state index < -0.39 is 15.8 Å². The predicted octanol–water partition coefficient (Wildman–Crippen LogP) is 1.08. The summed E-state index contributed by atoms with van der Waals surface area (Å²) in [5, 5.41) is 2.79. The van der Waals surface area contributed by atoms with Crippen LogP contribution in [-0.4, -0.2) is 25.8 Å². The molecule has 2 atom stereocenters. The summed E-state index contributed by atoms with van der Waals surface area (Å²) >= 11 is 0. The summed E-state index contributed by atoms with van der Waals surface area (Å²) in [5.41, 5.74) is 7.34. The molecule has 1 aromatic carbocycles. The molecule has 2 unspecified atom stereocenters. The summed E-state index contributed by atoms with van der Waals surface area (Å²) in [6.45, 7) is 1.84. The number of sulfone groups is 1. The number of hydrogen-bond acceptors (Lipinski definition) is 4. The Labute approximate surface area is 113 Å². The lowest BCUT2D eigenvalue weighted by atomic mass is 10.0. The van der Waals surface area contributed by atoms with Gasteiger partial charge in [0.05, 0.1) is 17.4 Å². The highest BCUT2D eigenvalue weighted by molar-refractivity contribution is 7.91. The molecule has 6 heteroatoms. The fourth-order valence-electron chi connectivity index (χ4n) is 2.24. The van der Waals surface area contributed by atoms with Crippen LogP contribution in [-0.2, 0) is 14.6 Å². The molecule has 1 saturated heterocycles. The van der Waals surface area contributed by atoms with Crippen molar-refractivity contribution in [1.82, 2.24) is 0 Å². The maximum Gasteiger partial charge on any atom is 0.228 e. The average molecular weight is 282 g/mol. The second kappa shape index (κ2) is 5.30. The SMILES string of the molecule is CC(N)c1ccccc1NC(=O)C1CCS(=O)(=O)C1. The minimum atomic E-state index is -3.04. The molecule has 0 radical (unpaired) electrons. The van der Waals surface area contributed by atoms with Gasteiger partial charge in [0.1, 0.15) is 0 Å². The normalized spacial score (nSPS) is 22.9. The van der Waals surface area contributed by atoms with Gasteiger partial charge in [-0.3, -0.25) is 4.79 Å². The molecule has 3 N–H and O–H groups in total. The average Bonchev–Trinajstić information content (AvgIpc) is 2.70. The predicted molar refractivity (Wildman–Crippen MR) is 74.4 cm³/mol. The summed E-state index contributed by atoms with van der Waals surface area (Å²) in [4.78, 5) is 12.1. The molecule has 1 aromatic rings. The van der Waals surface area contributed by atoms with E-state index in [0.717, 1.165) is 5.56 Å². The number of nitrogens with two attached hydrogens (primary N) is 1. The number of rotatable bonds is 3. The zero-order chi connectivity index (χ0) is 14.0. The summed E-state index contributed by atoms with van der Waals surface area (Å²) in [6, 6.07) is 7.11. The number of anilines is 1. The molecule has 5 nitrogen and oxygen atoms in total. The number of nitrogens with one attached hydrogen (secondary N) is 1. The Morgan fingerprint density at radius 3 is 2.68 bits per heavy atom. The quantitative estimate of drug-likeness (QED) is 0.868. The van der Waals surface area contributed by atoms with Crippen molar-refractivity contribution in [3.63, 3.8) is 0 Å². The van der Waals surface area contributed by atoms with E-state index in [9.17, 15) is 13.2 Å². The Morgan fingerprint density at radius 2 is 2.11 bits per heavy atom. The van der Waals surface area contributed by atoms with Crippen molar-refractivity contribution in [2.24, 2.45) is 11.7 Å². The molecule has 2 rings (SSSR count). The lowest BCUT2D eigenvalue weighted by molar-refractivity contribution is -0.119. The molecule has 0 bridgehead atoms. The largest absolute Gasteiger partial charge is 0.326 e. The third kappa shape index (κ3) is 3.33. The monoisotopic (exact) mass is 282 g/mol. The second-order valence-electron chi connectivity index (χ2n) is 4.97. The van der Waals surface area contributed by atoms with E-state index in [4.69, 9.17) is 5.73 Å². The van der Waals surface area contributed by atoms with Gasteiger partial charge >= 0.3 is 0 Å². The number of carbonyl (C=O) groups is 1. The third-order valence-electron chi connectivity index (χ3n) is 3.31. The maximum absolute atomic E-state index is 12.1. The van der Waals surface area contributed by atoms with Crippen LogP contribution in [0.3, 0.4) is 0 Å². The van der Waals surface area contributed by atoms with Gasteiger partial charge < -0.3 is 11.1 Å². The van der Waals surface area contributed by atoms with Crippen molar-refractivity contribution in [2.75, 3.05) is 16.8 Å². The number of benzene rings is 1. The first-order chi connectivity index (χ1) is 8.89. The second-order valence-corrected chi connectivity index (χ2v) is 7.19. The van der Waals surface area contributed by atoms with E-state index in [0.29, 0.717) is 12.1 Å². The number of hydrogen-bond donors (Lipinski definition) is 2. The van der Waals surface area contributed by atoms with Crippen LogP contribution in [0.1, 0.15) is 24.9 Å². The van der Waals surface area contributed by atoms with Gasteiger partial charge in [0.25, 0.3) is 0 Å². The van der Waals surface area contributed by atoms with Crippen LogP contribution in [0.25, 0.3) is 0 Å². The first-order valence-corrected chi connectivity index (χ1v) is 8.07. The van der Waals surface area contributed by atoms with Crippen LogP contribution in [0.15, 0.2) is 24.3 Å². The maximum atomic E-state index is 12.1. The van der Waals surface area contributed by atoms with Crippen LogP contribution in [0, 0.1) is 5.92 Å². The van der Waals surface area contributed by atoms with Crippen LogP contribution in [0.5, 0.6) is 0 Å². The Kier molecular flexibility index (Phi) is 3.91. The van der Waals surface area contributed by atoms with E-state index >= 15 is 0 Å². The van der Waals surface area contributed by atoms with Gasteiger partial charge in [-0.2, -0.15) is 0 Å². The molecule has 1 heterocycles. The van der Waals surface area contributed by atoms with Crippen molar-refractivity contribution >= 4 is 21.4 Å². The summed E-state index contributed by atoms with van der Waals surface area (Å²) in [6.07, 6.45) is 0.397. The lowest BCUT2D eigenvalue weighted by Crippen LogP contribution is -2.24. The minimum absolute atomic E-state index is 0.0564. The molecular formula is C13H18N2O3S. The van der Waals surface area contributed by atoms with Crippen LogP contribution < -0.4 is 11.1 Å². The van der Waals surface area contributed by atoms with Crippen molar-refractivity contribution in [3.8, 4) is 0 Å². The van der Waals surface area contributed by atoms with Crippen molar-refractivity contribution in [2.45, 2.75) is 19.4 Å². The van der Waals surface area contributed by atoms with Gasteiger partial charge in [0.2, 0.25) is 5.91 Å². The van der Waals surface area contributed by atoms with Crippen molar-refractivity contribution < 1.29 is 13.2 Å². The molecule has 104 valence electrons. The van der Waals surface area contributed by atoms with Crippen molar-refractivity contribution in [1.29, 1.82) is 0 Å². The zero-order valence-electron chi connectivity index (χ0n) is 10.8. The molecule has 19 heavy (non-hydrogen) atoms. The van der Waals surface area contributed by atoms with E-state index in [2.05, 4.69) is 5.32 Å². The fraction of sp³-hybridized carbons (Fsp3) is 0.462. The van der Waals surface area contributed by atoms with Gasteiger partial charge in [-0.1, -0.05) is 18.2 Å². The number of amides is 1. The summed E-state index contributed by atoms with van der Waals surface area (Å²) < 4.78 is 22.7. The fourth-order valence-corrected chi connectivity index (χ4v) is 3.99. The Morgan fingerprint density at radius 1 is 1.42 bits per heavy atom. The number of carbonyl (C=O) groups excluding carboxylic acids is 1. The van der Waals surface area contributed by atoms with E-state index in [1.54, 1.807) is 6.07 Å². The Hall–Kier alpha value is -1.40. The molecule has 1 aliphatic heterocycles. The van der Waals surface area contributed by atoms with Gasteiger partial charge in [-0.15, -0.1) is 0 Å². The highest BCUT2D eigenvalue weighted by Crippen LogP contribution is 2.24. The Bertz CT molecular complexity index is 581. The lowest BCUT2D eigenvalue weighted by Gasteiger charge is -2.15. The van der Waals surface area contributed by atoms with Crippen LogP contribution in [0.2, 0.25) is 0 Å². The first-order valence-electron chi connectivity index (χ1n) is 6.25. The van der Waals surface area contributed by atoms with E-state index in [1.807, 2.05) is 25.1 Å².